The molecule has 2 rings (SSSR count). The van der Waals surface area contributed by atoms with Crippen LogP contribution in [-0.2, 0) is 11.3 Å². The quantitative estimate of drug-likeness (QED) is 0.632. The summed E-state index contributed by atoms with van der Waals surface area (Å²) >= 11 is 0. The van der Waals surface area contributed by atoms with Crippen molar-refractivity contribution in [1.29, 1.82) is 0 Å². The maximum absolute atomic E-state index is 11.9. The average Bonchev–Trinajstić information content (AvgIpc) is 2.46. The molecule has 1 aromatic rings. The molecule has 0 radical (unpaired) electrons. The first-order valence-corrected chi connectivity index (χ1v) is 6.86. The first-order valence-electron chi connectivity index (χ1n) is 6.86. The lowest BCUT2D eigenvalue weighted by Crippen LogP contribution is -2.32. The molecule has 0 spiro atoms. The Hall–Kier alpha value is -1.95. The second-order valence-electron chi connectivity index (χ2n) is 5.06. The smallest absolute Gasteiger partial charge is 0.274 e. The van der Waals surface area contributed by atoms with Crippen LogP contribution in [0, 0.1) is 16.0 Å². The van der Waals surface area contributed by atoms with Crippen molar-refractivity contribution >= 4 is 11.6 Å². The third-order valence-electron chi connectivity index (χ3n) is 3.60. The Balaban J connectivity index is 1.85. The number of benzene rings is 1. The van der Waals surface area contributed by atoms with Crippen molar-refractivity contribution in [1.82, 2.24) is 10.6 Å². The van der Waals surface area contributed by atoms with Gasteiger partial charge in [0.05, 0.1) is 4.92 Å². The number of carbonyl (C=O) groups is 1. The van der Waals surface area contributed by atoms with Crippen molar-refractivity contribution in [2.75, 3.05) is 13.1 Å². The summed E-state index contributed by atoms with van der Waals surface area (Å²) in [6.07, 6.45) is 2.53. The summed E-state index contributed by atoms with van der Waals surface area (Å²) in [5.74, 6) is 0.386. The van der Waals surface area contributed by atoms with Gasteiger partial charge in [-0.3, -0.25) is 14.9 Å². The van der Waals surface area contributed by atoms with E-state index in [0.29, 0.717) is 17.9 Å². The van der Waals surface area contributed by atoms with Crippen molar-refractivity contribution in [3.05, 3.63) is 39.9 Å². The highest BCUT2D eigenvalue weighted by Crippen LogP contribution is 2.18. The lowest BCUT2D eigenvalue weighted by molar-refractivity contribution is -0.385. The third kappa shape index (κ3) is 4.03. The standard InChI is InChI=1S/C14H19N3O3/c18-14(9-11-5-7-15-8-6-11)16-10-12-3-1-2-4-13(12)17(19)20/h1-4,11,15H,5-10H2,(H,16,18). The normalized spacial score (nSPS) is 15.8. The second-order valence-corrected chi connectivity index (χ2v) is 5.06. The van der Waals surface area contributed by atoms with Crippen molar-refractivity contribution in [2.45, 2.75) is 25.8 Å². The van der Waals surface area contributed by atoms with Gasteiger partial charge in [-0.05, 0) is 31.8 Å². The van der Waals surface area contributed by atoms with Gasteiger partial charge in [0.25, 0.3) is 5.69 Å². The van der Waals surface area contributed by atoms with E-state index >= 15 is 0 Å². The minimum atomic E-state index is -0.422. The molecule has 0 bridgehead atoms. The highest BCUT2D eigenvalue weighted by Gasteiger charge is 2.17. The predicted octanol–water partition coefficient (Wildman–Crippen LogP) is 1.60. The van der Waals surface area contributed by atoms with E-state index in [2.05, 4.69) is 10.6 Å². The maximum Gasteiger partial charge on any atom is 0.274 e. The molecule has 0 saturated carbocycles. The largest absolute Gasteiger partial charge is 0.352 e. The molecule has 0 atom stereocenters. The molecule has 0 aliphatic carbocycles. The molecule has 0 unspecified atom stereocenters. The molecule has 1 fully saturated rings. The van der Waals surface area contributed by atoms with Crippen LogP contribution in [0.1, 0.15) is 24.8 Å². The van der Waals surface area contributed by atoms with Crippen LogP contribution in [0.15, 0.2) is 24.3 Å². The van der Waals surface area contributed by atoms with E-state index in [1.165, 1.54) is 6.07 Å². The number of nitrogens with zero attached hydrogens (tertiary/aromatic N) is 1. The van der Waals surface area contributed by atoms with Crippen LogP contribution < -0.4 is 10.6 Å². The summed E-state index contributed by atoms with van der Waals surface area (Å²) in [6, 6.07) is 6.48. The second kappa shape index (κ2) is 7.00. The van der Waals surface area contributed by atoms with Gasteiger partial charge in [0, 0.05) is 24.6 Å². The fourth-order valence-electron chi connectivity index (χ4n) is 2.45. The van der Waals surface area contributed by atoms with E-state index in [1.54, 1.807) is 18.2 Å². The van der Waals surface area contributed by atoms with Crippen LogP contribution in [0.2, 0.25) is 0 Å². The molecule has 1 amide bonds. The maximum atomic E-state index is 11.9. The van der Waals surface area contributed by atoms with E-state index in [4.69, 9.17) is 0 Å². The van der Waals surface area contributed by atoms with Crippen LogP contribution in [0.4, 0.5) is 5.69 Å². The zero-order chi connectivity index (χ0) is 14.4. The van der Waals surface area contributed by atoms with Gasteiger partial charge in [0.2, 0.25) is 5.91 Å². The lowest BCUT2D eigenvalue weighted by atomic mass is 9.94. The van der Waals surface area contributed by atoms with Crippen LogP contribution >= 0.6 is 0 Å². The van der Waals surface area contributed by atoms with E-state index in [0.717, 1.165) is 25.9 Å². The number of para-hydroxylation sites is 1. The molecule has 1 aromatic carbocycles. The molecule has 108 valence electrons. The zero-order valence-corrected chi connectivity index (χ0v) is 11.3. The summed E-state index contributed by atoms with van der Waals surface area (Å²) in [7, 11) is 0. The van der Waals surface area contributed by atoms with Gasteiger partial charge in [-0.15, -0.1) is 0 Å². The van der Waals surface area contributed by atoms with Crippen molar-refractivity contribution in [3.8, 4) is 0 Å². The predicted molar refractivity (Wildman–Crippen MR) is 75.2 cm³/mol. The molecule has 6 nitrogen and oxygen atoms in total. The highest BCUT2D eigenvalue weighted by atomic mass is 16.6. The number of nitro benzene ring substituents is 1. The monoisotopic (exact) mass is 277 g/mol. The average molecular weight is 277 g/mol. The van der Waals surface area contributed by atoms with E-state index in [1.807, 2.05) is 0 Å². The van der Waals surface area contributed by atoms with E-state index in [-0.39, 0.29) is 18.1 Å². The van der Waals surface area contributed by atoms with Gasteiger partial charge >= 0.3 is 0 Å². The molecule has 2 N–H and O–H groups in total. The minimum Gasteiger partial charge on any atom is -0.352 e. The first kappa shape index (κ1) is 14.5. The van der Waals surface area contributed by atoms with Gasteiger partial charge in [-0.1, -0.05) is 18.2 Å². The third-order valence-corrected chi connectivity index (χ3v) is 3.60. The van der Waals surface area contributed by atoms with E-state index in [9.17, 15) is 14.9 Å². The number of rotatable bonds is 5. The number of nitrogens with one attached hydrogen (secondary N) is 2. The molecule has 6 heteroatoms. The topological polar surface area (TPSA) is 84.3 Å². The van der Waals surface area contributed by atoms with Crippen LogP contribution in [0.3, 0.4) is 0 Å². The van der Waals surface area contributed by atoms with Gasteiger partial charge in [0.1, 0.15) is 0 Å². The Labute approximate surface area is 117 Å². The Bertz CT molecular complexity index is 484. The fraction of sp³-hybridized carbons (Fsp3) is 0.500. The summed E-state index contributed by atoms with van der Waals surface area (Å²) in [4.78, 5) is 22.3. The Morgan fingerprint density at radius 1 is 1.35 bits per heavy atom. The van der Waals surface area contributed by atoms with Crippen LogP contribution in [-0.4, -0.2) is 23.9 Å². The molecule has 1 aliphatic heterocycles. The van der Waals surface area contributed by atoms with Crippen molar-refractivity contribution in [3.63, 3.8) is 0 Å². The SMILES string of the molecule is O=C(CC1CCNCC1)NCc1ccccc1[N+](=O)[O-]. The summed E-state index contributed by atoms with van der Waals surface area (Å²) in [6.45, 7) is 2.13. The molecule has 1 heterocycles. The zero-order valence-electron chi connectivity index (χ0n) is 11.3. The van der Waals surface area contributed by atoms with Crippen molar-refractivity contribution < 1.29 is 9.72 Å². The number of nitro groups is 1. The van der Waals surface area contributed by atoms with Gasteiger partial charge < -0.3 is 10.6 Å². The van der Waals surface area contributed by atoms with Gasteiger partial charge in [0.15, 0.2) is 0 Å². The first-order chi connectivity index (χ1) is 9.66. The van der Waals surface area contributed by atoms with Gasteiger partial charge in [-0.2, -0.15) is 0 Å². The summed E-state index contributed by atoms with van der Waals surface area (Å²) in [5.41, 5.74) is 0.589. The Morgan fingerprint density at radius 2 is 2.05 bits per heavy atom. The molecule has 1 saturated heterocycles. The highest BCUT2D eigenvalue weighted by molar-refractivity contribution is 5.76. The lowest BCUT2D eigenvalue weighted by Gasteiger charge is -2.21. The van der Waals surface area contributed by atoms with Crippen LogP contribution in [0.5, 0.6) is 0 Å². The summed E-state index contributed by atoms with van der Waals surface area (Å²) < 4.78 is 0. The Morgan fingerprint density at radius 3 is 2.75 bits per heavy atom. The molecule has 20 heavy (non-hydrogen) atoms. The van der Waals surface area contributed by atoms with Crippen LogP contribution in [0.25, 0.3) is 0 Å². The molecular formula is C14H19N3O3. The number of amides is 1. The fourth-order valence-corrected chi connectivity index (χ4v) is 2.45. The number of carbonyl (C=O) groups excluding carboxylic acids is 1. The molecule has 0 aromatic heterocycles. The number of hydrogen-bond acceptors (Lipinski definition) is 4. The van der Waals surface area contributed by atoms with Gasteiger partial charge in [-0.25, -0.2) is 0 Å². The summed E-state index contributed by atoms with van der Waals surface area (Å²) in [5, 5.41) is 16.9. The number of piperidine rings is 1. The molecule has 1 aliphatic rings. The van der Waals surface area contributed by atoms with Crippen molar-refractivity contribution in [2.24, 2.45) is 5.92 Å². The minimum absolute atomic E-state index is 0.0324. The molecular weight excluding hydrogens is 258 g/mol. The Kier molecular flexibility index (Phi) is 5.06. The number of hydrogen-bond donors (Lipinski definition) is 2. The van der Waals surface area contributed by atoms with E-state index < -0.39 is 4.92 Å².